The van der Waals surface area contributed by atoms with Crippen LogP contribution in [0.3, 0.4) is 0 Å². The van der Waals surface area contributed by atoms with E-state index in [0.717, 1.165) is 5.39 Å². The molecule has 188 valence electrons. The van der Waals surface area contributed by atoms with Crippen molar-refractivity contribution in [2.45, 2.75) is 12.1 Å². The molecule has 10 heteroatoms. The molecule has 2 heterocycles. The van der Waals surface area contributed by atoms with Gasteiger partial charge in [0.05, 0.1) is 26.3 Å². The number of aromatic nitrogens is 1. The molecular weight excluding hydrogens is 478 g/mol. The Bertz CT molecular complexity index is 1530. The first-order chi connectivity index (χ1) is 17.8. The molecule has 3 N–H and O–H groups in total. The lowest BCUT2D eigenvalue weighted by atomic mass is 9.89. The SMILES string of the molecule is COC(=O)c1cccc(Oc2ccc([C@]3(Cn4cc5ccc(OC)cc5c4O)NC(=O)NC3=O)cc2)c1. The number of amides is 3. The highest BCUT2D eigenvalue weighted by Gasteiger charge is 2.48. The van der Waals surface area contributed by atoms with Gasteiger partial charge in [0, 0.05) is 17.0 Å². The molecule has 0 aliphatic carbocycles. The number of urea groups is 1. The van der Waals surface area contributed by atoms with Gasteiger partial charge in [0.25, 0.3) is 5.91 Å². The zero-order valence-corrected chi connectivity index (χ0v) is 20.0. The van der Waals surface area contributed by atoms with E-state index in [4.69, 9.17) is 14.2 Å². The van der Waals surface area contributed by atoms with Gasteiger partial charge in [0.1, 0.15) is 17.2 Å². The molecule has 3 amide bonds. The van der Waals surface area contributed by atoms with Gasteiger partial charge in [-0.25, -0.2) is 9.59 Å². The van der Waals surface area contributed by atoms with Gasteiger partial charge >= 0.3 is 12.0 Å². The lowest BCUT2D eigenvalue weighted by molar-refractivity contribution is -0.124. The number of rotatable bonds is 7. The van der Waals surface area contributed by atoms with E-state index in [1.54, 1.807) is 72.9 Å². The zero-order valence-electron chi connectivity index (χ0n) is 20.0. The number of carbonyl (C=O) groups excluding carboxylic acids is 3. The summed E-state index contributed by atoms with van der Waals surface area (Å²) >= 11 is 0. The molecule has 5 rings (SSSR count). The highest BCUT2D eigenvalue weighted by molar-refractivity contribution is 6.07. The minimum Gasteiger partial charge on any atom is -0.497 e. The Labute approximate surface area is 211 Å². The van der Waals surface area contributed by atoms with E-state index in [-0.39, 0.29) is 12.4 Å². The van der Waals surface area contributed by atoms with E-state index >= 15 is 0 Å². The number of imide groups is 1. The van der Waals surface area contributed by atoms with Crippen LogP contribution in [0.2, 0.25) is 0 Å². The van der Waals surface area contributed by atoms with E-state index in [0.29, 0.717) is 33.8 Å². The smallest absolute Gasteiger partial charge is 0.337 e. The zero-order chi connectivity index (χ0) is 26.2. The second-order valence-corrected chi connectivity index (χ2v) is 8.49. The van der Waals surface area contributed by atoms with Crippen LogP contribution in [0.25, 0.3) is 10.8 Å². The third kappa shape index (κ3) is 4.29. The highest BCUT2D eigenvalue weighted by atomic mass is 16.5. The van der Waals surface area contributed by atoms with Crippen molar-refractivity contribution in [3.8, 4) is 23.1 Å². The molecule has 0 saturated carbocycles. The first-order valence-corrected chi connectivity index (χ1v) is 11.3. The Kier molecular flexibility index (Phi) is 5.92. The first-order valence-electron chi connectivity index (χ1n) is 11.3. The molecule has 37 heavy (non-hydrogen) atoms. The van der Waals surface area contributed by atoms with Gasteiger partial charge in [-0.3, -0.25) is 10.1 Å². The molecule has 1 saturated heterocycles. The maximum absolute atomic E-state index is 13.1. The van der Waals surface area contributed by atoms with E-state index in [1.807, 2.05) is 0 Å². The number of ether oxygens (including phenoxy) is 3. The Hall–Kier alpha value is -4.99. The number of esters is 1. The Morgan fingerprint density at radius 2 is 1.73 bits per heavy atom. The van der Waals surface area contributed by atoms with Crippen molar-refractivity contribution in [1.29, 1.82) is 0 Å². The minimum absolute atomic E-state index is 0.0607. The summed E-state index contributed by atoms with van der Waals surface area (Å²) in [6.07, 6.45) is 1.70. The predicted octanol–water partition coefficient (Wildman–Crippen LogP) is 3.67. The van der Waals surface area contributed by atoms with Crippen LogP contribution in [0.1, 0.15) is 15.9 Å². The van der Waals surface area contributed by atoms with Crippen LogP contribution in [0.5, 0.6) is 23.1 Å². The summed E-state index contributed by atoms with van der Waals surface area (Å²) in [6.45, 7) is -0.0607. The monoisotopic (exact) mass is 501 g/mol. The van der Waals surface area contributed by atoms with E-state index in [9.17, 15) is 19.5 Å². The Morgan fingerprint density at radius 1 is 0.973 bits per heavy atom. The molecule has 10 nitrogen and oxygen atoms in total. The van der Waals surface area contributed by atoms with Crippen molar-refractivity contribution < 1.29 is 33.7 Å². The molecule has 0 spiro atoms. The molecule has 0 unspecified atom stereocenters. The van der Waals surface area contributed by atoms with Crippen molar-refractivity contribution >= 4 is 28.7 Å². The molecular formula is C27H23N3O7. The lowest BCUT2D eigenvalue weighted by Gasteiger charge is -2.27. The molecule has 1 aromatic heterocycles. The number of hydrogen-bond donors (Lipinski definition) is 3. The maximum atomic E-state index is 13.1. The summed E-state index contributed by atoms with van der Waals surface area (Å²) in [5, 5.41) is 17.2. The Balaban J connectivity index is 1.46. The summed E-state index contributed by atoms with van der Waals surface area (Å²) in [4.78, 5) is 37.0. The summed E-state index contributed by atoms with van der Waals surface area (Å²) in [6, 6.07) is 17.8. The molecule has 3 aromatic carbocycles. The number of carbonyl (C=O) groups is 3. The average molecular weight is 501 g/mol. The van der Waals surface area contributed by atoms with Crippen LogP contribution in [0.4, 0.5) is 4.79 Å². The summed E-state index contributed by atoms with van der Waals surface area (Å²) < 4.78 is 17.4. The fourth-order valence-electron chi connectivity index (χ4n) is 4.37. The van der Waals surface area contributed by atoms with Crippen molar-refractivity contribution in [3.63, 3.8) is 0 Å². The van der Waals surface area contributed by atoms with Crippen molar-refractivity contribution in [2.24, 2.45) is 0 Å². The van der Waals surface area contributed by atoms with Crippen molar-refractivity contribution in [3.05, 3.63) is 84.1 Å². The van der Waals surface area contributed by atoms with Gasteiger partial charge in [-0.1, -0.05) is 18.2 Å². The van der Waals surface area contributed by atoms with Gasteiger partial charge in [-0.2, -0.15) is 0 Å². The van der Waals surface area contributed by atoms with Gasteiger partial charge < -0.3 is 29.2 Å². The summed E-state index contributed by atoms with van der Waals surface area (Å²) in [7, 11) is 2.83. The number of nitrogens with one attached hydrogen (secondary N) is 2. The second kappa shape index (κ2) is 9.23. The van der Waals surface area contributed by atoms with E-state index in [1.165, 1.54) is 18.8 Å². The summed E-state index contributed by atoms with van der Waals surface area (Å²) in [5.41, 5.74) is -0.643. The third-order valence-corrected chi connectivity index (χ3v) is 6.26. The predicted molar refractivity (Wildman–Crippen MR) is 133 cm³/mol. The van der Waals surface area contributed by atoms with Gasteiger partial charge in [-0.15, -0.1) is 0 Å². The van der Waals surface area contributed by atoms with Crippen molar-refractivity contribution in [2.75, 3.05) is 14.2 Å². The number of benzene rings is 3. The molecule has 4 aromatic rings. The largest absolute Gasteiger partial charge is 0.497 e. The van der Waals surface area contributed by atoms with Gasteiger partial charge in [-0.05, 0) is 54.1 Å². The maximum Gasteiger partial charge on any atom is 0.337 e. The number of fused-ring (bicyclic) bond motifs is 1. The quantitative estimate of drug-likeness (QED) is 0.260. The number of methoxy groups -OCH3 is 2. The molecule has 0 bridgehead atoms. The third-order valence-electron chi connectivity index (χ3n) is 6.26. The summed E-state index contributed by atoms with van der Waals surface area (Å²) in [5.74, 6) is 0.364. The molecule has 1 atom stereocenters. The molecule has 1 aliphatic heterocycles. The minimum atomic E-state index is -1.48. The Morgan fingerprint density at radius 3 is 2.41 bits per heavy atom. The molecule has 1 fully saturated rings. The van der Waals surface area contributed by atoms with Gasteiger partial charge in [0.15, 0.2) is 11.4 Å². The number of hydrogen-bond acceptors (Lipinski definition) is 7. The second-order valence-electron chi connectivity index (χ2n) is 8.49. The lowest BCUT2D eigenvalue weighted by Crippen LogP contribution is -2.47. The van der Waals surface area contributed by atoms with Crippen LogP contribution in [-0.2, 0) is 21.6 Å². The molecule has 0 radical (unpaired) electrons. The topological polar surface area (TPSA) is 128 Å². The van der Waals surface area contributed by atoms with Crippen LogP contribution in [0, 0.1) is 0 Å². The fourth-order valence-corrected chi connectivity index (χ4v) is 4.37. The van der Waals surface area contributed by atoms with Crippen LogP contribution >= 0.6 is 0 Å². The highest BCUT2D eigenvalue weighted by Crippen LogP contribution is 2.35. The normalized spacial score (nSPS) is 16.8. The van der Waals surface area contributed by atoms with Crippen LogP contribution in [-0.4, -0.2) is 41.8 Å². The van der Waals surface area contributed by atoms with Gasteiger partial charge in [0.2, 0.25) is 0 Å². The van der Waals surface area contributed by atoms with E-state index < -0.39 is 23.4 Å². The van der Waals surface area contributed by atoms with Crippen LogP contribution in [0.15, 0.2) is 72.9 Å². The molecule has 1 aliphatic rings. The van der Waals surface area contributed by atoms with Crippen LogP contribution < -0.4 is 20.1 Å². The number of nitrogens with zero attached hydrogens (tertiary/aromatic N) is 1. The van der Waals surface area contributed by atoms with Crippen molar-refractivity contribution in [1.82, 2.24) is 15.2 Å². The van der Waals surface area contributed by atoms with E-state index in [2.05, 4.69) is 10.6 Å². The number of aromatic hydroxyl groups is 1. The first kappa shape index (κ1) is 23.7. The average Bonchev–Trinajstić information content (AvgIpc) is 3.38. The fraction of sp³-hybridized carbons (Fsp3) is 0.148. The standard InChI is InChI=1S/C27H23N3O7/c1-35-20-9-6-17-14-30(23(31)22(17)13-20)15-27(25(33)28-26(34)29-27)18-7-10-19(11-8-18)37-21-5-3-4-16(12-21)24(32)36-2/h3-14,31H,15H2,1-2H3,(H2,28,29,33,34)/t27-/m0/s1.